The Morgan fingerprint density at radius 2 is 1.63 bits per heavy atom. The van der Waals surface area contributed by atoms with E-state index in [-0.39, 0.29) is 30.3 Å². The molecule has 10 heteroatoms. The minimum atomic E-state index is -3.38. The van der Waals surface area contributed by atoms with Crippen LogP contribution in [0.1, 0.15) is 11.3 Å². The number of benzene rings is 1. The number of amides is 2. The number of aromatic amines is 1. The second kappa shape index (κ2) is 7.87. The van der Waals surface area contributed by atoms with E-state index in [1.165, 1.54) is 30.5 Å². The molecule has 0 spiro atoms. The number of carbonyl (C=O) groups is 2. The summed E-state index contributed by atoms with van der Waals surface area (Å²) in [7, 11) is -3.38. The van der Waals surface area contributed by atoms with Gasteiger partial charge in [0.1, 0.15) is 5.82 Å². The zero-order chi connectivity index (χ0) is 19.4. The van der Waals surface area contributed by atoms with Crippen molar-refractivity contribution in [1.82, 2.24) is 20.8 Å². The van der Waals surface area contributed by atoms with Gasteiger partial charge >= 0.3 is 0 Å². The highest BCUT2D eigenvalue weighted by Gasteiger charge is 2.39. The maximum Gasteiger partial charge on any atom is 0.226 e. The lowest BCUT2D eigenvalue weighted by Gasteiger charge is -2.20. The molecule has 144 valence electrons. The van der Waals surface area contributed by atoms with E-state index in [0.717, 1.165) is 0 Å². The van der Waals surface area contributed by atoms with E-state index in [1.54, 1.807) is 6.07 Å². The van der Waals surface area contributed by atoms with Crippen molar-refractivity contribution in [2.24, 2.45) is 0 Å². The summed E-state index contributed by atoms with van der Waals surface area (Å²) in [5, 5.41) is 11.7. The SMILES string of the molecule is O=C(Cc1ccc(F)cc1)N[C@@H]1CS(=O)(=O)C[C@H]1NC(=O)Cc1ccn[nH]1. The van der Waals surface area contributed by atoms with Gasteiger partial charge in [0.2, 0.25) is 11.8 Å². The van der Waals surface area contributed by atoms with Crippen LogP contribution in [-0.2, 0) is 32.3 Å². The smallest absolute Gasteiger partial charge is 0.226 e. The van der Waals surface area contributed by atoms with E-state index in [1.807, 2.05) is 0 Å². The average molecular weight is 394 g/mol. The van der Waals surface area contributed by atoms with Crippen LogP contribution < -0.4 is 10.6 Å². The average Bonchev–Trinajstić information content (AvgIpc) is 3.17. The maximum atomic E-state index is 12.9. The van der Waals surface area contributed by atoms with Gasteiger partial charge in [-0.3, -0.25) is 14.7 Å². The molecule has 1 aliphatic rings. The molecule has 1 aliphatic heterocycles. The van der Waals surface area contributed by atoms with E-state index >= 15 is 0 Å². The number of hydrogen-bond donors (Lipinski definition) is 3. The first-order valence-corrected chi connectivity index (χ1v) is 10.1. The largest absolute Gasteiger partial charge is 0.350 e. The molecule has 0 bridgehead atoms. The monoisotopic (exact) mass is 394 g/mol. The molecule has 1 aromatic heterocycles. The van der Waals surface area contributed by atoms with Crippen LogP contribution in [-0.4, -0.2) is 54.0 Å². The summed E-state index contributed by atoms with van der Waals surface area (Å²) in [5.74, 6) is -1.63. The third kappa shape index (κ3) is 5.36. The number of rotatable bonds is 6. The van der Waals surface area contributed by atoms with Crippen LogP contribution in [0.2, 0.25) is 0 Å². The summed E-state index contributed by atoms with van der Waals surface area (Å²) in [6.07, 6.45) is 1.54. The van der Waals surface area contributed by atoms with Gasteiger partial charge in [0.15, 0.2) is 9.84 Å². The molecule has 3 N–H and O–H groups in total. The van der Waals surface area contributed by atoms with E-state index < -0.39 is 33.6 Å². The summed E-state index contributed by atoms with van der Waals surface area (Å²) in [4.78, 5) is 24.4. The second-order valence-electron chi connectivity index (χ2n) is 6.49. The van der Waals surface area contributed by atoms with Crippen LogP contribution in [0.5, 0.6) is 0 Å². The number of nitrogens with one attached hydrogen (secondary N) is 3. The van der Waals surface area contributed by atoms with Crippen LogP contribution in [0.25, 0.3) is 0 Å². The predicted molar refractivity (Wildman–Crippen MR) is 94.9 cm³/mol. The molecule has 3 rings (SSSR count). The predicted octanol–water partition coefficient (Wildman–Crippen LogP) is -0.268. The summed E-state index contributed by atoms with van der Waals surface area (Å²) in [6.45, 7) is 0. The minimum Gasteiger partial charge on any atom is -0.350 e. The molecular formula is C17H19FN4O4S. The Morgan fingerprint density at radius 1 is 1.04 bits per heavy atom. The Kier molecular flexibility index (Phi) is 5.54. The van der Waals surface area contributed by atoms with Gasteiger partial charge in [0.05, 0.1) is 36.4 Å². The van der Waals surface area contributed by atoms with Crippen molar-refractivity contribution in [1.29, 1.82) is 0 Å². The highest BCUT2D eigenvalue weighted by Crippen LogP contribution is 2.14. The van der Waals surface area contributed by atoms with Gasteiger partial charge in [-0.2, -0.15) is 5.10 Å². The minimum absolute atomic E-state index is 0.00829. The van der Waals surface area contributed by atoms with Crippen LogP contribution in [0.3, 0.4) is 0 Å². The lowest BCUT2D eigenvalue weighted by Crippen LogP contribution is -2.51. The number of sulfone groups is 1. The second-order valence-corrected chi connectivity index (χ2v) is 8.64. The molecule has 1 saturated heterocycles. The molecular weight excluding hydrogens is 375 g/mol. The Morgan fingerprint density at radius 3 is 2.19 bits per heavy atom. The van der Waals surface area contributed by atoms with Crippen LogP contribution in [0.15, 0.2) is 36.5 Å². The first-order valence-electron chi connectivity index (χ1n) is 8.32. The molecule has 2 aromatic rings. The standard InChI is InChI=1S/C17H19FN4O4S/c18-12-3-1-11(2-4-12)7-16(23)20-14-9-27(25,26)10-15(14)21-17(24)8-13-5-6-19-22-13/h1-6,14-15H,7-10H2,(H,19,22)(H,20,23)(H,21,24)/t14-,15-/m1/s1. The fourth-order valence-corrected chi connectivity index (χ4v) is 4.85. The van der Waals surface area contributed by atoms with Crippen LogP contribution >= 0.6 is 0 Å². The molecule has 1 fully saturated rings. The molecule has 2 atom stereocenters. The fourth-order valence-electron chi connectivity index (χ4n) is 2.99. The van der Waals surface area contributed by atoms with Crippen molar-refractivity contribution < 1.29 is 22.4 Å². The Hall–Kier alpha value is -2.75. The number of nitrogens with zero attached hydrogens (tertiary/aromatic N) is 1. The van der Waals surface area contributed by atoms with Crippen molar-refractivity contribution in [3.8, 4) is 0 Å². The van der Waals surface area contributed by atoms with E-state index in [4.69, 9.17) is 0 Å². The topological polar surface area (TPSA) is 121 Å². The van der Waals surface area contributed by atoms with E-state index in [0.29, 0.717) is 11.3 Å². The molecule has 0 aliphatic carbocycles. The third-order valence-corrected chi connectivity index (χ3v) is 5.97. The molecule has 0 radical (unpaired) electrons. The van der Waals surface area contributed by atoms with Gasteiger partial charge in [-0.1, -0.05) is 12.1 Å². The molecule has 8 nitrogen and oxygen atoms in total. The Bertz CT molecular complexity index is 913. The Labute approximate surface area is 155 Å². The van der Waals surface area contributed by atoms with E-state index in [2.05, 4.69) is 20.8 Å². The van der Waals surface area contributed by atoms with Gasteiger partial charge in [-0.05, 0) is 23.8 Å². The molecule has 2 amide bonds. The lowest BCUT2D eigenvalue weighted by molar-refractivity contribution is -0.123. The molecule has 0 unspecified atom stereocenters. The van der Waals surface area contributed by atoms with Crippen molar-refractivity contribution in [2.75, 3.05) is 11.5 Å². The zero-order valence-corrected chi connectivity index (χ0v) is 15.1. The number of aromatic nitrogens is 2. The maximum absolute atomic E-state index is 12.9. The summed E-state index contributed by atoms with van der Waals surface area (Å²) in [6, 6.07) is 5.71. The molecule has 0 saturated carbocycles. The quantitative estimate of drug-likeness (QED) is 0.623. The zero-order valence-electron chi connectivity index (χ0n) is 14.3. The summed E-state index contributed by atoms with van der Waals surface area (Å²) >= 11 is 0. The summed E-state index contributed by atoms with van der Waals surface area (Å²) in [5.41, 5.74) is 1.21. The number of carbonyl (C=O) groups excluding carboxylic acids is 2. The third-order valence-electron chi connectivity index (χ3n) is 4.23. The van der Waals surface area contributed by atoms with Gasteiger partial charge in [0.25, 0.3) is 0 Å². The molecule has 2 heterocycles. The molecule has 1 aromatic carbocycles. The van der Waals surface area contributed by atoms with Gasteiger partial charge in [-0.15, -0.1) is 0 Å². The number of halogens is 1. The normalized spacial score (nSPS) is 20.9. The number of hydrogen-bond acceptors (Lipinski definition) is 5. The molecule has 27 heavy (non-hydrogen) atoms. The first kappa shape index (κ1) is 19.0. The van der Waals surface area contributed by atoms with Crippen molar-refractivity contribution >= 4 is 21.7 Å². The highest BCUT2D eigenvalue weighted by molar-refractivity contribution is 7.91. The summed E-state index contributed by atoms with van der Waals surface area (Å²) < 4.78 is 36.9. The van der Waals surface area contributed by atoms with Crippen LogP contribution in [0.4, 0.5) is 4.39 Å². The van der Waals surface area contributed by atoms with Crippen molar-refractivity contribution in [3.63, 3.8) is 0 Å². The number of H-pyrrole nitrogens is 1. The lowest BCUT2D eigenvalue weighted by atomic mass is 10.1. The van der Waals surface area contributed by atoms with E-state index in [9.17, 15) is 22.4 Å². The van der Waals surface area contributed by atoms with Gasteiger partial charge in [-0.25, -0.2) is 12.8 Å². The first-order chi connectivity index (χ1) is 12.8. The highest BCUT2D eigenvalue weighted by atomic mass is 32.2. The van der Waals surface area contributed by atoms with Crippen LogP contribution in [0, 0.1) is 5.82 Å². The van der Waals surface area contributed by atoms with Crippen molar-refractivity contribution in [3.05, 3.63) is 53.6 Å². The van der Waals surface area contributed by atoms with Gasteiger partial charge < -0.3 is 10.6 Å². The Balaban J connectivity index is 1.60. The fraction of sp³-hybridized carbons (Fsp3) is 0.353. The van der Waals surface area contributed by atoms with Gasteiger partial charge in [0, 0.05) is 11.9 Å². The van der Waals surface area contributed by atoms with Crippen molar-refractivity contribution in [2.45, 2.75) is 24.9 Å².